The van der Waals surface area contributed by atoms with Crippen LogP contribution in [0, 0.1) is 27.7 Å². The van der Waals surface area contributed by atoms with Gasteiger partial charge in [0.2, 0.25) is 0 Å². The first kappa shape index (κ1) is 24.2. The molecule has 0 aliphatic carbocycles. The van der Waals surface area contributed by atoms with E-state index >= 15 is 0 Å². The van der Waals surface area contributed by atoms with Crippen LogP contribution in [0.25, 0.3) is 21.5 Å². The Morgan fingerprint density at radius 3 is 1.26 bits per heavy atom. The summed E-state index contributed by atoms with van der Waals surface area (Å²) >= 11 is 0. The molecule has 0 saturated carbocycles. The quantitative estimate of drug-likeness (QED) is 0.379. The Kier molecular flexibility index (Phi) is 8.55. The number of benzene rings is 2. The van der Waals surface area contributed by atoms with Gasteiger partial charge in [-0.3, -0.25) is 0 Å². The SMILES string of the molecule is Cc1cc2cc(CCc3cc4cc(C)c(C)cc4[cH-]3)[cH-]c2cc1C.[Cl-].[Cl-].[Zr+4]. The number of fused-ring (bicyclic) bond motifs is 2. The summed E-state index contributed by atoms with van der Waals surface area (Å²) in [5, 5.41) is 5.53. The van der Waals surface area contributed by atoms with Gasteiger partial charge in [0, 0.05) is 0 Å². The van der Waals surface area contributed by atoms with Gasteiger partial charge >= 0.3 is 26.2 Å². The van der Waals surface area contributed by atoms with Crippen molar-refractivity contribution in [1.29, 1.82) is 0 Å². The molecule has 0 fully saturated rings. The van der Waals surface area contributed by atoms with Gasteiger partial charge in [-0.1, -0.05) is 22.3 Å². The van der Waals surface area contributed by atoms with Crippen LogP contribution in [0.2, 0.25) is 0 Å². The summed E-state index contributed by atoms with van der Waals surface area (Å²) in [6.45, 7) is 8.78. The number of halogens is 2. The predicted molar refractivity (Wildman–Crippen MR) is 105 cm³/mol. The van der Waals surface area contributed by atoms with Gasteiger partial charge in [-0.2, -0.15) is 12.1 Å². The molecule has 0 unspecified atom stereocenters. The molecule has 4 aromatic carbocycles. The molecule has 0 aliphatic rings. The Morgan fingerprint density at radius 1 is 0.556 bits per heavy atom. The van der Waals surface area contributed by atoms with E-state index in [1.54, 1.807) is 0 Å². The van der Waals surface area contributed by atoms with Crippen LogP contribution >= 0.6 is 0 Å². The second-order valence-corrected chi connectivity index (χ2v) is 7.36. The summed E-state index contributed by atoms with van der Waals surface area (Å²) in [7, 11) is 0. The third-order valence-corrected chi connectivity index (χ3v) is 5.46. The summed E-state index contributed by atoms with van der Waals surface area (Å²) in [5.41, 5.74) is 8.43. The molecule has 0 heterocycles. The fraction of sp³-hybridized carbons (Fsp3) is 0.250. The Bertz CT molecular complexity index is 889. The third kappa shape index (κ3) is 4.94. The van der Waals surface area contributed by atoms with Crippen molar-refractivity contribution in [2.24, 2.45) is 0 Å². The van der Waals surface area contributed by atoms with Crippen molar-refractivity contribution >= 4 is 21.5 Å². The number of aryl methyl sites for hydroxylation is 6. The van der Waals surface area contributed by atoms with Gasteiger partial charge < -0.3 is 24.8 Å². The van der Waals surface area contributed by atoms with Crippen LogP contribution < -0.4 is 24.8 Å². The minimum atomic E-state index is 0. The molecule has 0 amide bonds. The van der Waals surface area contributed by atoms with Crippen LogP contribution in [0.5, 0.6) is 0 Å². The molecule has 27 heavy (non-hydrogen) atoms. The maximum atomic E-state index is 2.36. The van der Waals surface area contributed by atoms with Gasteiger partial charge in [0.05, 0.1) is 0 Å². The van der Waals surface area contributed by atoms with Crippen molar-refractivity contribution in [1.82, 2.24) is 0 Å². The van der Waals surface area contributed by atoms with E-state index in [0.717, 1.165) is 12.8 Å². The van der Waals surface area contributed by atoms with E-state index < -0.39 is 0 Å². The van der Waals surface area contributed by atoms with Crippen LogP contribution in [0.15, 0.2) is 48.5 Å². The predicted octanol–water partition coefficient (Wildman–Crippen LogP) is 0.455. The molecule has 0 spiro atoms. The van der Waals surface area contributed by atoms with Gasteiger partial charge in [0.1, 0.15) is 0 Å². The van der Waals surface area contributed by atoms with Crippen LogP contribution in [0.3, 0.4) is 0 Å². The van der Waals surface area contributed by atoms with Crippen molar-refractivity contribution in [2.45, 2.75) is 40.5 Å². The van der Waals surface area contributed by atoms with Crippen LogP contribution in [0.1, 0.15) is 33.4 Å². The number of hydrogen-bond acceptors (Lipinski definition) is 0. The molecule has 138 valence electrons. The van der Waals surface area contributed by atoms with E-state index in [1.165, 1.54) is 54.9 Å². The molecule has 4 aromatic rings. The second kappa shape index (κ2) is 9.55. The normalized spacial score (nSPS) is 10.4. The summed E-state index contributed by atoms with van der Waals surface area (Å²) in [6.07, 6.45) is 2.22. The van der Waals surface area contributed by atoms with Crippen LogP contribution in [-0.4, -0.2) is 0 Å². The second-order valence-electron chi connectivity index (χ2n) is 7.36. The first-order valence-corrected chi connectivity index (χ1v) is 8.83. The van der Waals surface area contributed by atoms with Crippen molar-refractivity contribution in [3.63, 3.8) is 0 Å². The molecule has 0 radical (unpaired) electrons. The Morgan fingerprint density at radius 2 is 0.889 bits per heavy atom. The summed E-state index contributed by atoms with van der Waals surface area (Å²) in [6, 6.07) is 18.7. The zero-order valence-corrected chi connectivity index (χ0v) is 20.3. The van der Waals surface area contributed by atoms with Gasteiger partial charge in [0.25, 0.3) is 0 Å². The maximum absolute atomic E-state index is 2.36. The van der Waals surface area contributed by atoms with Crippen molar-refractivity contribution in [2.75, 3.05) is 0 Å². The van der Waals surface area contributed by atoms with E-state index in [1.807, 2.05) is 0 Å². The van der Waals surface area contributed by atoms with Crippen molar-refractivity contribution in [3.8, 4) is 0 Å². The summed E-state index contributed by atoms with van der Waals surface area (Å²) in [4.78, 5) is 0. The topological polar surface area (TPSA) is 0 Å². The molecule has 0 nitrogen and oxygen atoms in total. The molecular formula is C24H24Cl2Zr. The van der Waals surface area contributed by atoms with Gasteiger partial charge in [-0.25, -0.2) is 0 Å². The maximum Gasteiger partial charge on any atom is 4.00 e. The number of hydrogen-bond donors (Lipinski definition) is 0. The van der Waals surface area contributed by atoms with Crippen molar-refractivity contribution in [3.05, 3.63) is 81.9 Å². The minimum Gasteiger partial charge on any atom is -1.00 e. The fourth-order valence-electron chi connectivity index (χ4n) is 3.68. The molecule has 0 atom stereocenters. The molecule has 0 saturated heterocycles. The van der Waals surface area contributed by atoms with Crippen molar-refractivity contribution < 1.29 is 51.0 Å². The molecule has 4 rings (SSSR count). The smallest absolute Gasteiger partial charge is 1.00 e. The average Bonchev–Trinajstić information content (AvgIpc) is 3.09. The fourth-order valence-corrected chi connectivity index (χ4v) is 3.68. The van der Waals surface area contributed by atoms with E-state index in [2.05, 4.69) is 76.2 Å². The number of rotatable bonds is 3. The molecule has 0 aromatic heterocycles. The van der Waals surface area contributed by atoms with E-state index in [0.29, 0.717) is 0 Å². The molecule has 0 aliphatic heterocycles. The Hall–Kier alpha value is -0.877. The minimum absolute atomic E-state index is 0. The molecule has 0 bridgehead atoms. The van der Waals surface area contributed by atoms with Gasteiger partial charge in [-0.05, 0) is 40.5 Å². The molecule has 0 N–H and O–H groups in total. The first-order chi connectivity index (χ1) is 11.5. The summed E-state index contributed by atoms with van der Waals surface area (Å²) < 4.78 is 0. The van der Waals surface area contributed by atoms with E-state index in [-0.39, 0.29) is 51.0 Å². The molecule has 3 heteroatoms. The molecular weight excluding hydrogens is 450 g/mol. The third-order valence-electron chi connectivity index (χ3n) is 5.46. The van der Waals surface area contributed by atoms with Gasteiger partial charge in [-0.15, -0.1) is 69.1 Å². The largest absolute Gasteiger partial charge is 4.00 e. The van der Waals surface area contributed by atoms with E-state index in [4.69, 9.17) is 0 Å². The average molecular weight is 475 g/mol. The van der Waals surface area contributed by atoms with E-state index in [9.17, 15) is 0 Å². The standard InChI is InChI=1S/C24H24.2ClH.Zr/c1-15-7-21-11-19(12-22(21)8-16(15)2)5-6-20-13-23-9-17(3)18(4)10-24(23)14-20;;;/h7-14H,5-6H2,1-4H3;2*1H;/q-2;;;+4/p-2. The monoisotopic (exact) mass is 472 g/mol. The Balaban J connectivity index is 0.00000121. The zero-order chi connectivity index (χ0) is 16.8. The van der Waals surface area contributed by atoms with Crippen LogP contribution in [-0.2, 0) is 39.0 Å². The van der Waals surface area contributed by atoms with Crippen LogP contribution in [0.4, 0.5) is 0 Å². The summed E-state index contributed by atoms with van der Waals surface area (Å²) in [5.74, 6) is 0. The Labute approximate surface area is 194 Å². The van der Waals surface area contributed by atoms with Gasteiger partial charge in [0.15, 0.2) is 0 Å². The first-order valence-electron chi connectivity index (χ1n) is 8.83. The zero-order valence-electron chi connectivity index (χ0n) is 16.3.